The summed E-state index contributed by atoms with van der Waals surface area (Å²) in [6.45, 7) is 1.32. The van der Waals surface area contributed by atoms with Gasteiger partial charge in [0.25, 0.3) is 0 Å². The Hall–Kier alpha value is -1.82. The van der Waals surface area contributed by atoms with E-state index in [0.29, 0.717) is 11.8 Å². The van der Waals surface area contributed by atoms with Gasteiger partial charge in [0.2, 0.25) is 0 Å². The topological polar surface area (TPSA) is 45.8 Å². The minimum absolute atomic E-state index is 0.0116. The van der Waals surface area contributed by atoms with Gasteiger partial charge in [-0.25, -0.2) is 0 Å². The second kappa shape index (κ2) is 4.70. The van der Waals surface area contributed by atoms with Crippen molar-refractivity contribution in [3.63, 3.8) is 0 Å². The summed E-state index contributed by atoms with van der Waals surface area (Å²) in [5, 5.41) is 5.80. The number of carbonyl (C=O) groups excluding carboxylic acids is 1. The van der Waals surface area contributed by atoms with E-state index >= 15 is 0 Å². The molecule has 2 rings (SSSR count). The lowest BCUT2D eigenvalue weighted by molar-refractivity contribution is -0.141. The van der Waals surface area contributed by atoms with Gasteiger partial charge in [-0.3, -0.25) is 9.89 Å². The first-order valence-corrected chi connectivity index (χ1v) is 5.59. The van der Waals surface area contributed by atoms with E-state index in [2.05, 4.69) is 5.10 Å². The molecule has 7 heteroatoms. The van der Waals surface area contributed by atoms with Crippen LogP contribution in [0.5, 0.6) is 0 Å². The van der Waals surface area contributed by atoms with Gasteiger partial charge in [-0.15, -0.1) is 0 Å². The lowest BCUT2D eigenvalue weighted by Crippen LogP contribution is -2.07. The molecule has 1 aromatic carbocycles. The first-order valence-electron chi connectivity index (χ1n) is 5.22. The molecule has 100 valence electrons. The summed E-state index contributed by atoms with van der Waals surface area (Å²) >= 11 is 5.84. The zero-order valence-corrected chi connectivity index (χ0v) is 10.4. The van der Waals surface area contributed by atoms with Crippen LogP contribution in [0.3, 0.4) is 0 Å². The van der Waals surface area contributed by atoms with Gasteiger partial charge >= 0.3 is 6.18 Å². The highest BCUT2D eigenvalue weighted by atomic mass is 35.5. The third kappa shape index (κ3) is 2.49. The largest absolute Gasteiger partial charge is 0.433 e. The Morgan fingerprint density at radius 3 is 2.53 bits per heavy atom. The second-order valence-electron chi connectivity index (χ2n) is 3.92. The van der Waals surface area contributed by atoms with Gasteiger partial charge < -0.3 is 0 Å². The van der Waals surface area contributed by atoms with E-state index in [1.54, 1.807) is 0 Å². The molecule has 0 aliphatic rings. The van der Waals surface area contributed by atoms with Crippen LogP contribution in [-0.2, 0) is 6.18 Å². The maximum absolute atomic E-state index is 12.6. The van der Waals surface area contributed by atoms with Crippen molar-refractivity contribution in [3.8, 4) is 11.3 Å². The van der Waals surface area contributed by atoms with Crippen LogP contribution >= 0.6 is 11.6 Å². The van der Waals surface area contributed by atoms with Crippen LogP contribution in [0, 0.1) is 6.92 Å². The Kier molecular flexibility index (Phi) is 3.36. The monoisotopic (exact) mass is 288 g/mol. The molecule has 0 spiro atoms. The molecular weight excluding hydrogens is 281 g/mol. The highest BCUT2D eigenvalue weighted by Gasteiger charge is 2.35. The van der Waals surface area contributed by atoms with E-state index in [-0.39, 0.29) is 21.8 Å². The minimum atomic E-state index is -4.48. The minimum Gasteiger partial charge on any atom is -0.298 e. The van der Waals surface area contributed by atoms with Crippen LogP contribution in [0.1, 0.15) is 21.6 Å². The van der Waals surface area contributed by atoms with Crippen molar-refractivity contribution in [3.05, 3.63) is 40.0 Å². The van der Waals surface area contributed by atoms with E-state index in [4.69, 9.17) is 11.6 Å². The fraction of sp³-hybridized carbons (Fsp3) is 0.167. The van der Waals surface area contributed by atoms with Gasteiger partial charge in [-0.1, -0.05) is 17.7 Å². The number of nitrogens with one attached hydrogen (secondary N) is 1. The number of aromatic nitrogens is 2. The number of hydrogen-bond donors (Lipinski definition) is 1. The second-order valence-corrected chi connectivity index (χ2v) is 4.33. The number of nitrogens with zero attached hydrogens (tertiary/aromatic N) is 1. The highest BCUT2D eigenvalue weighted by Crippen LogP contribution is 2.35. The first-order chi connectivity index (χ1) is 8.84. The Morgan fingerprint density at radius 2 is 2.05 bits per heavy atom. The zero-order valence-electron chi connectivity index (χ0n) is 9.68. The number of carbonyl (C=O) groups is 1. The Labute approximate surface area is 111 Å². The number of rotatable bonds is 2. The van der Waals surface area contributed by atoms with Gasteiger partial charge in [0.15, 0.2) is 6.29 Å². The van der Waals surface area contributed by atoms with Crippen molar-refractivity contribution in [2.45, 2.75) is 13.1 Å². The summed E-state index contributed by atoms with van der Waals surface area (Å²) in [6.07, 6.45) is -3.91. The lowest BCUT2D eigenvalue weighted by Gasteiger charge is -2.05. The summed E-state index contributed by atoms with van der Waals surface area (Å²) in [5.74, 6) is 0. The van der Waals surface area contributed by atoms with E-state index < -0.39 is 11.9 Å². The number of H-pyrrole nitrogens is 1. The van der Waals surface area contributed by atoms with Crippen LogP contribution in [0.2, 0.25) is 5.02 Å². The van der Waals surface area contributed by atoms with Gasteiger partial charge in [0.05, 0.1) is 10.7 Å². The molecular formula is C12H8ClF3N2O. The number of benzene rings is 1. The number of aldehydes is 1. The third-order valence-electron chi connectivity index (χ3n) is 2.69. The Balaban J connectivity index is 2.52. The molecule has 0 fully saturated rings. The average molecular weight is 289 g/mol. The molecule has 0 amide bonds. The standard InChI is InChI=1S/C12H8ClF3N2O/c1-6-10(17-18-11(6)12(14,15)16)7-2-3-8(5-19)9(13)4-7/h2-5H,1H3,(H,17,18). The molecule has 1 heterocycles. The van der Waals surface area contributed by atoms with Gasteiger partial charge in [0.1, 0.15) is 5.69 Å². The molecule has 0 aliphatic heterocycles. The predicted octanol–water partition coefficient (Wildman–Crippen LogP) is 3.87. The predicted molar refractivity (Wildman–Crippen MR) is 64.2 cm³/mol. The van der Waals surface area contributed by atoms with E-state index in [1.807, 2.05) is 5.10 Å². The van der Waals surface area contributed by atoms with E-state index in [1.165, 1.54) is 25.1 Å². The molecule has 0 atom stereocenters. The van der Waals surface area contributed by atoms with Crippen LogP contribution in [0.25, 0.3) is 11.3 Å². The Morgan fingerprint density at radius 1 is 1.37 bits per heavy atom. The van der Waals surface area contributed by atoms with Crippen LogP contribution in [0.4, 0.5) is 13.2 Å². The smallest absolute Gasteiger partial charge is 0.298 e. The molecule has 3 nitrogen and oxygen atoms in total. The molecule has 0 radical (unpaired) electrons. The number of hydrogen-bond acceptors (Lipinski definition) is 2. The SMILES string of the molecule is Cc1c(-c2ccc(C=O)c(Cl)c2)n[nH]c1C(F)(F)F. The summed E-state index contributed by atoms with van der Waals surface area (Å²) in [4.78, 5) is 10.6. The quantitative estimate of drug-likeness (QED) is 0.853. The average Bonchev–Trinajstić information content (AvgIpc) is 2.70. The maximum atomic E-state index is 12.6. The summed E-state index contributed by atoms with van der Waals surface area (Å²) < 4.78 is 37.9. The van der Waals surface area contributed by atoms with Crippen molar-refractivity contribution in [1.29, 1.82) is 0 Å². The van der Waals surface area contributed by atoms with E-state index in [0.717, 1.165) is 0 Å². The Bertz CT molecular complexity index is 634. The van der Waals surface area contributed by atoms with Gasteiger partial charge in [-0.05, 0) is 19.1 Å². The van der Waals surface area contributed by atoms with Crippen LogP contribution < -0.4 is 0 Å². The van der Waals surface area contributed by atoms with Crippen molar-refractivity contribution < 1.29 is 18.0 Å². The molecule has 0 saturated carbocycles. The van der Waals surface area contributed by atoms with Crippen molar-refractivity contribution in [1.82, 2.24) is 10.2 Å². The molecule has 0 saturated heterocycles. The fourth-order valence-corrected chi connectivity index (χ4v) is 1.95. The molecule has 0 unspecified atom stereocenters. The molecule has 1 N–H and O–H groups in total. The van der Waals surface area contributed by atoms with E-state index in [9.17, 15) is 18.0 Å². The fourth-order valence-electron chi connectivity index (χ4n) is 1.72. The van der Waals surface area contributed by atoms with Crippen molar-refractivity contribution in [2.75, 3.05) is 0 Å². The van der Waals surface area contributed by atoms with Gasteiger partial charge in [-0.2, -0.15) is 18.3 Å². The van der Waals surface area contributed by atoms with Crippen LogP contribution in [-0.4, -0.2) is 16.5 Å². The zero-order chi connectivity index (χ0) is 14.2. The number of aromatic amines is 1. The van der Waals surface area contributed by atoms with Gasteiger partial charge in [0, 0.05) is 16.7 Å². The molecule has 2 aromatic rings. The molecule has 0 bridgehead atoms. The number of alkyl halides is 3. The summed E-state index contributed by atoms with van der Waals surface area (Å²) in [5.41, 5.74) is -0.0540. The van der Waals surface area contributed by atoms with Crippen molar-refractivity contribution in [2.24, 2.45) is 0 Å². The molecule has 0 aliphatic carbocycles. The molecule has 1 aromatic heterocycles. The first kappa shape index (κ1) is 13.6. The highest BCUT2D eigenvalue weighted by molar-refractivity contribution is 6.33. The summed E-state index contributed by atoms with van der Waals surface area (Å²) in [6, 6.07) is 4.35. The number of halogens is 4. The molecule has 19 heavy (non-hydrogen) atoms. The normalized spacial score (nSPS) is 11.6. The van der Waals surface area contributed by atoms with Crippen LogP contribution in [0.15, 0.2) is 18.2 Å². The van der Waals surface area contributed by atoms with Crippen molar-refractivity contribution >= 4 is 17.9 Å². The third-order valence-corrected chi connectivity index (χ3v) is 3.02. The maximum Gasteiger partial charge on any atom is 0.433 e. The summed E-state index contributed by atoms with van der Waals surface area (Å²) in [7, 11) is 0. The lowest BCUT2D eigenvalue weighted by atomic mass is 10.1.